The van der Waals surface area contributed by atoms with Gasteiger partial charge < -0.3 is 9.30 Å². The molecule has 0 aliphatic carbocycles. The lowest BCUT2D eigenvalue weighted by Gasteiger charge is -2.26. The van der Waals surface area contributed by atoms with Crippen molar-refractivity contribution in [3.05, 3.63) is 53.2 Å². The zero-order valence-corrected chi connectivity index (χ0v) is 18.2. The Bertz CT molecular complexity index is 1090. The van der Waals surface area contributed by atoms with E-state index in [9.17, 15) is 9.00 Å². The van der Waals surface area contributed by atoms with Crippen molar-refractivity contribution in [1.29, 1.82) is 0 Å². The van der Waals surface area contributed by atoms with Gasteiger partial charge in [0.15, 0.2) is 0 Å². The number of benzene rings is 2. The maximum absolute atomic E-state index is 12.6. The van der Waals surface area contributed by atoms with Gasteiger partial charge in [-0.2, -0.15) is 0 Å². The lowest BCUT2D eigenvalue weighted by Crippen LogP contribution is -2.19. The van der Waals surface area contributed by atoms with Gasteiger partial charge in [-0.3, -0.25) is 9.00 Å². The highest BCUT2D eigenvalue weighted by atomic mass is 35.5. The van der Waals surface area contributed by atoms with Crippen molar-refractivity contribution in [2.75, 3.05) is 12.9 Å². The summed E-state index contributed by atoms with van der Waals surface area (Å²) in [5.74, 6) is -0.100. The van der Waals surface area contributed by atoms with E-state index in [4.69, 9.17) is 16.3 Å². The minimum absolute atomic E-state index is 0.0685. The Kier molecular flexibility index (Phi) is 5.79. The topological polar surface area (TPSA) is 48.3 Å². The standard InChI is InChI=1S/C23H24ClNO3S/c1-3-28-20(26)14-16-6-5-13-25-18-7-4-8-19(29(2)27)22(18)21(23(16)25)15-9-11-17(24)12-10-15/h4,7-12,16H,3,5-6,13-14H2,1-2H3. The molecule has 1 aliphatic heterocycles. The van der Waals surface area contributed by atoms with Crippen LogP contribution in [0, 0.1) is 0 Å². The lowest BCUT2D eigenvalue weighted by molar-refractivity contribution is -0.143. The average Bonchev–Trinajstić information content (AvgIpc) is 3.04. The molecule has 1 aromatic heterocycles. The third-order valence-corrected chi connectivity index (χ3v) is 6.79. The highest BCUT2D eigenvalue weighted by molar-refractivity contribution is 7.84. The highest BCUT2D eigenvalue weighted by Crippen LogP contribution is 2.45. The summed E-state index contributed by atoms with van der Waals surface area (Å²) in [4.78, 5) is 13.1. The molecule has 4 rings (SSSR count). The van der Waals surface area contributed by atoms with Gasteiger partial charge in [-0.15, -0.1) is 0 Å². The van der Waals surface area contributed by atoms with E-state index in [1.807, 2.05) is 43.3 Å². The van der Waals surface area contributed by atoms with Crippen LogP contribution in [-0.4, -0.2) is 27.6 Å². The fourth-order valence-corrected chi connectivity index (χ4v) is 5.34. The summed E-state index contributed by atoms with van der Waals surface area (Å²) >= 11 is 6.13. The predicted octanol–water partition coefficient (Wildman–Crippen LogP) is 5.53. The summed E-state index contributed by atoms with van der Waals surface area (Å²) in [5, 5.41) is 1.69. The van der Waals surface area contributed by atoms with Crippen molar-refractivity contribution < 1.29 is 13.7 Å². The van der Waals surface area contributed by atoms with Crippen molar-refractivity contribution >= 4 is 39.3 Å². The number of rotatable bonds is 5. The molecule has 0 N–H and O–H groups in total. The first kappa shape index (κ1) is 20.2. The monoisotopic (exact) mass is 429 g/mol. The van der Waals surface area contributed by atoms with Crippen LogP contribution in [0.3, 0.4) is 0 Å². The molecule has 0 amide bonds. The van der Waals surface area contributed by atoms with E-state index >= 15 is 0 Å². The minimum Gasteiger partial charge on any atom is -0.466 e. The first-order chi connectivity index (χ1) is 14.0. The Morgan fingerprint density at radius 1 is 1.24 bits per heavy atom. The average molecular weight is 430 g/mol. The van der Waals surface area contributed by atoms with Gasteiger partial charge >= 0.3 is 5.97 Å². The maximum Gasteiger partial charge on any atom is 0.306 e. The Morgan fingerprint density at radius 3 is 2.69 bits per heavy atom. The number of hydrogen-bond donors (Lipinski definition) is 0. The summed E-state index contributed by atoms with van der Waals surface area (Å²) in [6.07, 6.45) is 4.00. The molecule has 1 aliphatic rings. The normalized spacial score (nSPS) is 17.1. The fraction of sp³-hybridized carbons (Fsp3) is 0.348. The zero-order chi connectivity index (χ0) is 20.5. The molecule has 3 aromatic rings. The number of nitrogens with zero attached hydrogens (tertiary/aromatic N) is 1. The van der Waals surface area contributed by atoms with E-state index in [2.05, 4.69) is 10.6 Å². The van der Waals surface area contributed by atoms with Crippen molar-refractivity contribution in [3.8, 4) is 11.1 Å². The Labute approximate surface area is 178 Å². The van der Waals surface area contributed by atoms with Crippen LogP contribution >= 0.6 is 11.6 Å². The Balaban J connectivity index is 2.00. The van der Waals surface area contributed by atoms with Crippen molar-refractivity contribution in [2.24, 2.45) is 0 Å². The maximum atomic E-state index is 12.6. The number of halogens is 1. The molecule has 0 saturated carbocycles. The second kappa shape index (κ2) is 8.33. The van der Waals surface area contributed by atoms with Crippen molar-refractivity contribution in [2.45, 2.75) is 43.5 Å². The molecule has 0 radical (unpaired) electrons. The first-order valence-corrected chi connectivity index (χ1v) is 11.8. The second-order valence-electron chi connectivity index (χ2n) is 7.37. The van der Waals surface area contributed by atoms with Crippen LogP contribution in [0.2, 0.25) is 5.02 Å². The molecule has 2 atom stereocenters. The van der Waals surface area contributed by atoms with Crippen LogP contribution in [0.4, 0.5) is 0 Å². The van der Waals surface area contributed by atoms with E-state index < -0.39 is 10.8 Å². The number of carbonyl (C=O) groups is 1. The lowest BCUT2D eigenvalue weighted by atomic mass is 9.88. The van der Waals surface area contributed by atoms with Gasteiger partial charge in [-0.1, -0.05) is 29.8 Å². The first-order valence-electron chi connectivity index (χ1n) is 9.91. The summed E-state index contributed by atoms with van der Waals surface area (Å²) in [6, 6.07) is 13.7. The molecule has 4 nitrogen and oxygen atoms in total. The number of carbonyl (C=O) groups excluding carboxylic acids is 1. The molecule has 29 heavy (non-hydrogen) atoms. The summed E-state index contributed by atoms with van der Waals surface area (Å²) in [7, 11) is -1.13. The molecule has 2 unspecified atom stereocenters. The smallest absolute Gasteiger partial charge is 0.306 e. The summed E-state index contributed by atoms with van der Waals surface area (Å²) in [6.45, 7) is 3.11. The third kappa shape index (κ3) is 3.74. The third-order valence-electron chi connectivity index (χ3n) is 5.57. The van der Waals surface area contributed by atoms with Crippen LogP contribution in [-0.2, 0) is 26.9 Å². The summed E-state index contributed by atoms with van der Waals surface area (Å²) < 4.78 is 20.1. The Morgan fingerprint density at radius 2 is 2.00 bits per heavy atom. The van der Waals surface area contributed by atoms with Gasteiger partial charge in [0, 0.05) is 45.3 Å². The molecule has 0 fully saturated rings. The van der Waals surface area contributed by atoms with Gasteiger partial charge in [-0.25, -0.2) is 0 Å². The number of ether oxygens (including phenoxy) is 1. The SMILES string of the molecule is CCOC(=O)CC1CCCn2c1c(-c1ccc(Cl)cc1)c1c(S(C)=O)cccc12. The highest BCUT2D eigenvalue weighted by Gasteiger charge is 2.31. The van der Waals surface area contributed by atoms with Crippen LogP contribution in [0.5, 0.6) is 0 Å². The van der Waals surface area contributed by atoms with Crippen molar-refractivity contribution in [1.82, 2.24) is 4.57 Å². The van der Waals surface area contributed by atoms with E-state index in [1.54, 1.807) is 6.26 Å². The predicted molar refractivity (Wildman–Crippen MR) is 118 cm³/mol. The molecule has 0 bridgehead atoms. The van der Waals surface area contributed by atoms with E-state index in [0.717, 1.165) is 52.0 Å². The number of aryl methyl sites for hydroxylation is 1. The quantitative estimate of drug-likeness (QED) is 0.501. The molecule has 6 heteroatoms. The molecular weight excluding hydrogens is 406 g/mol. The van der Waals surface area contributed by atoms with Gasteiger partial charge in [0.25, 0.3) is 0 Å². The molecule has 0 spiro atoms. The molecule has 152 valence electrons. The minimum atomic E-state index is -1.13. The summed E-state index contributed by atoms with van der Waals surface area (Å²) in [5.41, 5.74) is 4.31. The molecule has 2 heterocycles. The number of hydrogen-bond acceptors (Lipinski definition) is 3. The van der Waals surface area contributed by atoms with Gasteiger partial charge in [0.1, 0.15) is 0 Å². The van der Waals surface area contributed by atoms with E-state index in [-0.39, 0.29) is 11.9 Å². The Hall–Kier alpha value is -2.11. The van der Waals surface area contributed by atoms with Crippen LogP contribution < -0.4 is 0 Å². The number of fused-ring (bicyclic) bond motifs is 3. The molecule has 0 saturated heterocycles. The van der Waals surface area contributed by atoms with Crippen LogP contribution in [0.15, 0.2) is 47.4 Å². The van der Waals surface area contributed by atoms with E-state index in [1.165, 1.54) is 0 Å². The van der Waals surface area contributed by atoms with E-state index in [0.29, 0.717) is 18.1 Å². The van der Waals surface area contributed by atoms with Crippen LogP contribution in [0.25, 0.3) is 22.0 Å². The number of esters is 1. The molecule has 2 aromatic carbocycles. The molecular formula is C23H24ClNO3S. The zero-order valence-electron chi connectivity index (χ0n) is 16.6. The van der Waals surface area contributed by atoms with Gasteiger partial charge in [0.2, 0.25) is 0 Å². The van der Waals surface area contributed by atoms with Crippen molar-refractivity contribution in [3.63, 3.8) is 0 Å². The largest absolute Gasteiger partial charge is 0.466 e. The fourth-order valence-electron chi connectivity index (χ4n) is 4.45. The van der Waals surface area contributed by atoms with Gasteiger partial charge in [-0.05, 0) is 49.6 Å². The second-order valence-corrected chi connectivity index (χ2v) is 9.16. The van der Waals surface area contributed by atoms with Crippen LogP contribution in [0.1, 0.15) is 37.8 Å². The van der Waals surface area contributed by atoms with Gasteiger partial charge in [0.05, 0.1) is 29.3 Å². The number of aromatic nitrogens is 1.